The van der Waals surface area contributed by atoms with Gasteiger partial charge in [-0.1, -0.05) is 0 Å². The van der Waals surface area contributed by atoms with E-state index in [0.29, 0.717) is 12.5 Å². The van der Waals surface area contributed by atoms with Crippen molar-refractivity contribution in [3.8, 4) is 0 Å². The van der Waals surface area contributed by atoms with Gasteiger partial charge in [0.1, 0.15) is 5.60 Å². The molecule has 2 rings (SSSR count). The standard InChI is InChI=1S/C13H22O3/c1-13(2,3)16-12(14)15-8-9-4-5-10-7-11(10)6-9/h9-11H,4-8H2,1-3H3. The first-order valence-electron chi connectivity index (χ1n) is 6.30. The molecule has 2 saturated carbocycles. The fourth-order valence-electron chi connectivity index (χ4n) is 2.57. The zero-order chi connectivity index (χ0) is 11.8. The minimum Gasteiger partial charge on any atom is -0.434 e. The fraction of sp³-hybridized carbons (Fsp3) is 0.923. The van der Waals surface area contributed by atoms with Crippen molar-refractivity contribution < 1.29 is 14.3 Å². The zero-order valence-electron chi connectivity index (χ0n) is 10.5. The smallest absolute Gasteiger partial charge is 0.434 e. The Labute approximate surface area is 97.5 Å². The van der Waals surface area contributed by atoms with Crippen molar-refractivity contribution in [3.63, 3.8) is 0 Å². The Morgan fingerprint density at radius 2 is 1.94 bits per heavy atom. The van der Waals surface area contributed by atoms with E-state index in [-0.39, 0.29) is 0 Å². The SMILES string of the molecule is CC(C)(C)OC(=O)OCC1CCC2CC2C1. The van der Waals surface area contributed by atoms with Crippen LogP contribution in [0.5, 0.6) is 0 Å². The number of hydrogen-bond acceptors (Lipinski definition) is 3. The fourth-order valence-corrected chi connectivity index (χ4v) is 2.57. The molecule has 92 valence electrons. The van der Waals surface area contributed by atoms with Gasteiger partial charge in [-0.3, -0.25) is 0 Å². The molecule has 16 heavy (non-hydrogen) atoms. The Balaban J connectivity index is 1.65. The van der Waals surface area contributed by atoms with Crippen LogP contribution < -0.4 is 0 Å². The van der Waals surface area contributed by atoms with Crippen molar-refractivity contribution in [2.24, 2.45) is 17.8 Å². The van der Waals surface area contributed by atoms with Gasteiger partial charge in [-0.2, -0.15) is 0 Å². The molecule has 0 radical (unpaired) electrons. The summed E-state index contributed by atoms with van der Waals surface area (Å²) in [7, 11) is 0. The van der Waals surface area contributed by atoms with Crippen LogP contribution >= 0.6 is 0 Å². The van der Waals surface area contributed by atoms with Gasteiger partial charge in [0, 0.05) is 0 Å². The molecule has 0 saturated heterocycles. The summed E-state index contributed by atoms with van der Waals surface area (Å²) in [4.78, 5) is 11.3. The maximum Gasteiger partial charge on any atom is 0.508 e. The first-order valence-corrected chi connectivity index (χ1v) is 6.30. The van der Waals surface area contributed by atoms with E-state index in [1.165, 1.54) is 25.7 Å². The molecule has 0 amide bonds. The van der Waals surface area contributed by atoms with Gasteiger partial charge in [-0.15, -0.1) is 0 Å². The van der Waals surface area contributed by atoms with Crippen LogP contribution in [0.3, 0.4) is 0 Å². The summed E-state index contributed by atoms with van der Waals surface area (Å²) < 4.78 is 10.3. The molecule has 2 fully saturated rings. The number of rotatable bonds is 2. The lowest BCUT2D eigenvalue weighted by atomic mass is 9.90. The van der Waals surface area contributed by atoms with Crippen LogP contribution in [0.15, 0.2) is 0 Å². The lowest BCUT2D eigenvalue weighted by Gasteiger charge is -2.23. The molecular formula is C13H22O3. The number of fused-ring (bicyclic) bond motifs is 1. The van der Waals surface area contributed by atoms with Crippen molar-refractivity contribution >= 4 is 6.16 Å². The molecule has 3 nitrogen and oxygen atoms in total. The Morgan fingerprint density at radius 3 is 2.56 bits per heavy atom. The summed E-state index contributed by atoms with van der Waals surface area (Å²) in [5.74, 6) is 2.50. The van der Waals surface area contributed by atoms with Crippen LogP contribution in [0.1, 0.15) is 46.5 Å². The lowest BCUT2D eigenvalue weighted by molar-refractivity contribution is -0.0154. The molecule has 0 aromatic heterocycles. The zero-order valence-corrected chi connectivity index (χ0v) is 10.5. The van der Waals surface area contributed by atoms with Crippen molar-refractivity contribution in [3.05, 3.63) is 0 Å². The van der Waals surface area contributed by atoms with Crippen molar-refractivity contribution in [2.75, 3.05) is 6.61 Å². The number of hydrogen-bond donors (Lipinski definition) is 0. The summed E-state index contributed by atoms with van der Waals surface area (Å²) in [6.07, 6.45) is 4.67. The highest BCUT2D eigenvalue weighted by Gasteiger charge is 2.42. The van der Waals surface area contributed by atoms with Crippen LogP contribution in [-0.4, -0.2) is 18.4 Å². The van der Waals surface area contributed by atoms with E-state index >= 15 is 0 Å². The van der Waals surface area contributed by atoms with Gasteiger partial charge in [0.25, 0.3) is 0 Å². The third-order valence-electron chi connectivity index (χ3n) is 3.48. The maximum absolute atomic E-state index is 11.3. The first-order chi connectivity index (χ1) is 7.44. The number of carbonyl (C=O) groups excluding carboxylic acids is 1. The Morgan fingerprint density at radius 1 is 1.19 bits per heavy atom. The van der Waals surface area contributed by atoms with E-state index in [1.807, 2.05) is 20.8 Å². The molecule has 0 aromatic carbocycles. The highest BCUT2D eigenvalue weighted by molar-refractivity contribution is 5.60. The highest BCUT2D eigenvalue weighted by Crippen LogP contribution is 2.51. The van der Waals surface area contributed by atoms with Crippen LogP contribution in [-0.2, 0) is 9.47 Å². The number of carbonyl (C=O) groups is 1. The lowest BCUT2D eigenvalue weighted by Crippen LogP contribution is -2.26. The third kappa shape index (κ3) is 3.39. The summed E-state index contributed by atoms with van der Waals surface area (Å²) in [6.45, 7) is 6.09. The second-order valence-corrected chi connectivity index (χ2v) is 6.21. The van der Waals surface area contributed by atoms with Gasteiger partial charge >= 0.3 is 6.16 Å². The second kappa shape index (κ2) is 4.27. The van der Waals surface area contributed by atoms with Crippen LogP contribution in [0.4, 0.5) is 4.79 Å². The quantitative estimate of drug-likeness (QED) is 0.677. The minimum absolute atomic E-state index is 0.453. The molecule has 2 aliphatic carbocycles. The first kappa shape index (κ1) is 11.7. The van der Waals surface area contributed by atoms with Crippen LogP contribution in [0.2, 0.25) is 0 Å². The largest absolute Gasteiger partial charge is 0.508 e. The molecule has 3 heteroatoms. The monoisotopic (exact) mass is 226 g/mol. The van der Waals surface area contributed by atoms with E-state index < -0.39 is 11.8 Å². The van der Waals surface area contributed by atoms with E-state index in [1.54, 1.807) is 0 Å². The number of ether oxygens (including phenoxy) is 2. The second-order valence-electron chi connectivity index (χ2n) is 6.21. The Bertz CT molecular complexity index is 267. The van der Waals surface area contributed by atoms with Gasteiger partial charge in [0.15, 0.2) is 0 Å². The molecule has 0 spiro atoms. The van der Waals surface area contributed by atoms with Crippen molar-refractivity contribution in [2.45, 2.75) is 52.1 Å². The average molecular weight is 226 g/mol. The predicted molar refractivity (Wildman–Crippen MR) is 61.1 cm³/mol. The van der Waals surface area contributed by atoms with E-state index in [4.69, 9.17) is 9.47 Å². The Kier molecular flexibility index (Phi) is 3.13. The van der Waals surface area contributed by atoms with Gasteiger partial charge in [-0.25, -0.2) is 4.79 Å². The topological polar surface area (TPSA) is 35.5 Å². The third-order valence-corrected chi connectivity index (χ3v) is 3.48. The van der Waals surface area contributed by atoms with Crippen molar-refractivity contribution in [1.82, 2.24) is 0 Å². The molecule has 0 N–H and O–H groups in total. The van der Waals surface area contributed by atoms with Gasteiger partial charge in [0.05, 0.1) is 6.61 Å². The molecule has 3 atom stereocenters. The Hall–Kier alpha value is -0.730. The summed E-state index contributed by atoms with van der Waals surface area (Å²) in [6, 6.07) is 0. The van der Waals surface area contributed by atoms with Crippen LogP contribution in [0.25, 0.3) is 0 Å². The molecule has 0 aromatic rings. The van der Waals surface area contributed by atoms with E-state index in [9.17, 15) is 4.79 Å². The molecule has 0 bridgehead atoms. The van der Waals surface area contributed by atoms with Crippen LogP contribution in [0, 0.1) is 17.8 Å². The summed E-state index contributed by atoms with van der Waals surface area (Å²) in [5.41, 5.74) is -0.453. The predicted octanol–water partition coefficient (Wildman–Crippen LogP) is 3.37. The van der Waals surface area contributed by atoms with E-state index in [2.05, 4.69) is 0 Å². The molecule has 0 heterocycles. The summed E-state index contributed by atoms with van der Waals surface area (Å²) in [5, 5.41) is 0. The maximum atomic E-state index is 11.3. The van der Waals surface area contributed by atoms with Gasteiger partial charge in [-0.05, 0) is 64.2 Å². The summed E-state index contributed by atoms with van der Waals surface area (Å²) >= 11 is 0. The normalized spacial score (nSPS) is 32.8. The molecule has 0 aliphatic heterocycles. The molecule has 2 aliphatic rings. The molecular weight excluding hydrogens is 204 g/mol. The van der Waals surface area contributed by atoms with Crippen molar-refractivity contribution in [1.29, 1.82) is 0 Å². The van der Waals surface area contributed by atoms with Gasteiger partial charge in [0.2, 0.25) is 0 Å². The molecule has 3 unspecified atom stereocenters. The van der Waals surface area contributed by atoms with E-state index in [0.717, 1.165) is 11.8 Å². The minimum atomic E-state index is -0.523. The highest BCUT2D eigenvalue weighted by atomic mass is 16.7. The average Bonchev–Trinajstić information content (AvgIpc) is 2.89. The van der Waals surface area contributed by atoms with Gasteiger partial charge < -0.3 is 9.47 Å².